The Morgan fingerprint density at radius 2 is 2.00 bits per heavy atom. The zero-order valence-electron chi connectivity index (χ0n) is 11.0. The van der Waals surface area contributed by atoms with Gasteiger partial charge in [-0.3, -0.25) is 4.90 Å². The average Bonchev–Trinajstić information content (AvgIpc) is 3.10. The highest BCUT2D eigenvalue weighted by Gasteiger charge is 2.28. The fraction of sp³-hybridized carbons (Fsp3) is 0.600. The Hall–Kier alpha value is -1.02. The fourth-order valence-corrected chi connectivity index (χ4v) is 2.15. The van der Waals surface area contributed by atoms with Gasteiger partial charge in [-0.15, -0.1) is 0 Å². The molecule has 1 aromatic carbocycles. The Morgan fingerprint density at radius 3 is 2.59 bits per heavy atom. The molecule has 0 amide bonds. The van der Waals surface area contributed by atoms with E-state index in [0.29, 0.717) is 0 Å². The second-order valence-corrected chi connectivity index (χ2v) is 5.58. The first-order valence-electron chi connectivity index (χ1n) is 6.74. The zero-order chi connectivity index (χ0) is 12.3. The van der Waals surface area contributed by atoms with Crippen molar-refractivity contribution in [3.63, 3.8) is 0 Å². The maximum absolute atomic E-state index is 6.02. The van der Waals surface area contributed by atoms with Gasteiger partial charge in [0, 0.05) is 18.3 Å². The molecule has 0 atom stereocenters. The lowest BCUT2D eigenvalue weighted by molar-refractivity contribution is 0.240. The van der Waals surface area contributed by atoms with Gasteiger partial charge in [-0.25, -0.2) is 0 Å². The van der Waals surface area contributed by atoms with E-state index in [9.17, 15) is 0 Å². The molecular weight excluding hydrogens is 208 g/mol. The van der Waals surface area contributed by atoms with E-state index < -0.39 is 0 Å². The molecule has 17 heavy (non-hydrogen) atoms. The Morgan fingerprint density at radius 1 is 1.29 bits per heavy atom. The van der Waals surface area contributed by atoms with Crippen LogP contribution in [0.15, 0.2) is 24.3 Å². The molecule has 0 aromatic heterocycles. The maximum Gasteiger partial charge on any atom is 0.0359 e. The number of anilines is 1. The molecule has 0 bridgehead atoms. The topological polar surface area (TPSA) is 29.3 Å². The number of hydrogen-bond donors (Lipinski definition) is 1. The zero-order valence-corrected chi connectivity index (χ0v) is 11.0. The molecule has 2 nitrogen and oxygen atoms in total. The lowest BCUT2D eigenvalue weighted by atomic mass is 10.1. The molecule has 1 aliphatic rings. The Bertz CT molecular complexity index is 356. The molecule has 0 heterocycles. The van der Waals surface area contributed by atoms with E-state index in [1.54, 1.807) is 0 Å². The smallest absolute Gasteiger partial charge is 0.0359 e. The molecule has 0 aliphatic heterocycles. The van der Waals surface area contributed by atoms with Crippen LogP contribution >= 0.6 is 0 Å². The van der Waals surface area contributed by atoms with Crippen molar-refractivity contribution in [2.75, 3.05) is 12.3 Å². The highest BCUT2D eigenvalue weighted by molar-refractivity contribution is 5.46. The van der Waals surface area contributed by atoms with Gasteiger partial charge in [-0.2, -0.15) is 0 Å². The van der Waals surface area contributed by atoms with Crippen LogP contribution in [0.2, 0.25) is 0 Å². The van der Waals surface area contributed by atoms with E-state index in [0.717, 1.165) is 24.2 Å². The fourth-order valence-electron chi connectivity index (χ4n) is 2.15. The number of nitrogens with two attached hydrogens (primary N) is 1. The molecule has 2 N–H and O–H groups in total. The summed E-state index contributed by atoms with van der Waals surface area (Å²) in [6, 6.07) is 9.06. The first-order valence-corrected chi connectivity index (χ1v) is 6.74. The van der Waals surface area contributed by atoms with Crippen LogP contribution < -0.4 is 5.73 Å². The Kier molecular flexibility index (Phi) is 4.06. The number of rotatable bonds is 6. The van der Waals surface area contributed by atoms with Crippen LogP contribution in [0.4, 0.5) is 5.69 Å². The number of para-hydroxylation sites is 1. The summed E-state index contributed by atoms with van der Waals surface area (Å²) in [5.74, 6) is 0.782. The number of nitrogens with zero attached hydrogens (tertiary/aromatic N) is 1. The summed E-state index contributed by atoms with van der Waals surface area (Å²) in [6.07, 6.45) is 4.01. The van der Waals surface area contributed by atoms with Crippen molar-refractivity contribution in [1.82, 2.24) is 4.90 Å². The van der Waals surface area contributed by atoms with E-state index in [4.69, 9.17) is 5.73 Å². The van der Waals surface area contributed by atoms with Gasteiger partial charge in [0.1, 0.15) is 0 Å². The standard InChI is InChI=1S/C15H24N2/c1-12(2)9-10-17(14-7-8-14)11-13-5-3-4-6-15(13)16/h3-6,12,14H,7-11,16H2,1-2H3. The summed E-state index contributed by atoms with van der Waals surface area (Å²) >= 11 is 0. The van der Waals surface area contributed by atoms with E-state index in [-0.39, 0.29) is 0 Å². The number of hydrogen-bond acceptors (Lipinski definition) is 2. The largest absolute Gasteiger partial charge is 0.398 e. The maximum atomic E-state index is 6.02. The molecule has 0 spiro atoms. The number of nitrogen functional groups attached to an aromatic ring is 1. The van der Waals surface area contributed by atoms with Crippen molar-refractivity contribution in [2.24, 2.45) is 5.92 Å². The lowest BCUT2D eigenvalue weighted by Crippen LogP contribution is -2.27. The molecule has 1 saturated carbocycles. The lowest BCUT2D eigenvalue weighted by Gasteiger charge is -2.23. The van der Waals surface area contributed by atoms with Gasteiger partial charge < -0.3 is 5.73 Å². The SMILES string of the molecule is CC(C)CCN(Cc1ccccc1N)C1CC1. The summed E-state index contributed by atoms with van der Waals surface area (Å²) in [5.41, 5.74) is 8.23. The van der Waals surface area contributed by atoms with Crippen molar-refractivity contribution < 1.29 is 0 Å². The van der Waals surface area contributed by atoms with Gasteiger partial charge in [-0.1, -0.05) is 32.0 Å². The predicted octanol–water partition coefficient (Wildman–Crippen LogP) is 3.28. The average molecular weight is 232 g/mol. The van der Waals surface area contributed by atoms with Gasteiger partial charge in [0.05, 0.1) is 0 Å². The predicted molar refractivity (Wildman–Crippen MR) is 73.7 cm³/mol. The van der Waals surface area contributed by atoms with Gasteiger partial charge in [0.2, 0.25) is 0 Å². The molecule has 0 radical (unpaired) electrons. The quantitative estimate of drug-likeness (QED) is 0.763. The van der Waals surface area contributed by atoms with Gasteiger partial charge >= 0.3 is 0 Å². The second-order valence-electron chi connectivity index (χ2n) is 5.58. The monoisotopic (exact) mass is 232 g/mol. The highest BCUT2D eigenvalue weighted by atomic mass is 15.2. The van der Waals surface area contributed by atoms with Crippen molar-refractivity contribution >= 4 is 5.69 Å². The molecule has 2 rings (SSSR count). The van der Waals surface area contributed by atoms with E-state index in [1.165, 1.54) is 31.4 Å². The molecule has 0 unspecified atom stereocenters. The van der Waals surface area contributed by atoms with Gasteiger partial charge in [-0.05, 0) is 43.4 Å². The first-order chi connectivity index (χ1) is 8.16. The van der Waals surface area contributed by atoms with Crippen molar-refractivity contribution in [3.8, 4) is 0 Å². The molecule has 1 fully saturated rings. The van der Waals surface area contributed by atoms with Crippen molar-refractivity contribution in [1.29, 1.82) is 0 Å². The minimum Gasteiger partial charge on any atom is -0.398 e. The third kappa shape index (κ3) is 3.74. The minimum atomic E-state index is 0.782. The van der Waals surface area contributed by atoms with E-state index >= 15 is 0 Å². The summed E-state index contributed by atoms with van der Waals surface area (Å²) < 4.78 is 0. The van der Waals surface area contributed by atoms with Crippen molar-refractivity contribution in [3.05, 3.63) is 29.8 Å². The van der Waals surface area contributed by atoms with Crippen LogP contribution in [0.25, 0.3) is 0 Å². The molecule has 1 aromatic rings. The molecule has 94 valence electrons. The van der Waals surface area contributed by atoms with Crippen LogP contribution in [0.3, 0.4) is 0 Å². The molecule has 1 aliphatic carbocycles. The summed E-state index contributed by atoms with van der Waals surface area (Å²) in [5, 5.41) is 0. The van der Waals surface area contributed by atoms with Crippen LogP contribution in [-0.4, -0.2) is 17.5 Å². The third-order valence-corrected chi connectivity index (χ3v) is 3.49. The van der Waals surface area contributed by atoms with E-state index in [1.807, 2.05) is 12.1 Å². The van der Waals surface area contributed by atoms with Crippen LogP contribution in [-0.2, 0) is 6.54 Å². The first kappa shape index (κ1) is 12.4. The van der Waals surface area contributed by atoms with Crippen LogP contribution in [0, 0.1) is 5.92 Å². The third-order valence-electron chi connectivity index (χ3n) is 3.49. The van der Waals surface area contributed by atoms with Crippen LogP contribution in [0.5, 0.6) is 0 Å². The summed E-state index contributed by atoms with van der Waals surface area (Å²) in [4.78, 5) is 2.60. The highest BCUT2D eigenvalue weighted by Crippen LogP contribution is 2.29. The normalized spacial score (nSPS) is 15.8. The van der Waals surface area contributed by atoms with Gasteiger partial charge in [0.25, 0.3) is 0 Å². The van der Waals surface area contributed by atoms with Gasteiger partial charge in [0.15, 0.2) is 0 Å². The Balaban J connectivity index is 1.95. The minimum absolute atomic E-state index is 0.782. The number of benzene rings is 1. The second kappa shape index (κ2) is 5.54. The molecular formula is C15H24N2. The molecule has 0 saturated heterocycles. The summed E-state index contributed by atoms with van der Waals surface area (Å²) in [7, 11) is 0. The Labute approximate surface area is 105 Å². The molecule has 2 heteroatoms. The summed E-state index contributed by atoms with van der Waals surface area (Å²) in [6.45, 7) is 6.81. The van der Waals surface area contributed by atoms with Crippen LogP contribution in [0.1, 0.15) is 38.7 Å². The van der Waals surface area contributed by atoms with E-state index in [2.05, 4.69) is 30.9 Å². The van der Waals surface area contributed by atoms with Crippen molar-refractivity contribution in [2.45, 2.75) is 45.7 Å².